The van der Waals surface area contributed by atoms with Crippen molar-refractivity contribution < 1.29 is 9.59 Å². The summed E-state index contributed by atoms with van der Waals surface area (Å²) in [6.07, 6.45) is 2.87. The number of anilines is 2. The number of aromatic nitrogens is 1. The summed E-state index contributed by atoms with van der Waals surface area (Å²) in [4.78, 5) is 38.5. The Labute approximate surface area is 216 Å². The van der Waals surface area contributed by atoms with E-state index in [1.165, 1.54) is 0 Å². The lowest BCUT2D eigenvalue weighted by Gasteiger charge is -2.41. The van der Waals surface area contributed by atoms with Gasteiger partial charge in [0.25, 0.3) is 5.91 Å². The second kappa shape index (κ2) is 10.1. The molecular weight excluding hydrogens is 504 g/mol. The lowest BCUT2D eigenvalue weighted by Crippen LogP contribution is -2.44. The lowest BCUT2D eigenvalue weighted by atomic mass is 9.63. The molecule has 1 aromatic heterocycles. The second-order valence-corrected chi connectivity index (χ2v) is 11.0. The molecule has 184 valence electrons. The number of fused-ring (bicyclic) bond motifs is 1. The molecule has 1 aromatic carbocycles. The van der Waals surface area contributed by atoms with Crippen molar-refractivity contribution in [2.75, 3.05) is 23.3 Å². The van der Waals surface area contributed by atoms with Crippen LogP contribution in [0.5, 0.6) is 0 Å². The summed E-state index contributed by atoms with van der Waals surface area (Å²) in [5.41, 5.74) is 4.04. The topological polar surface area (TPSA) is 74.7 Å². The number of nitrogens with one attached hydrogen (secondary N) is 1. The highest BCUT2D eigenvalue weighted by molar-refractivity contribution is 9.10. The summed E-state index contributed by atoms with van der Waals surface area (Å²) in [5, 5.41) is 2.93. The van der Waals surface area contributed by atoms with E-state index in [2.05, 4.69) is 83.1 Å². The minimum atomic E-state index is -0.426. The van der Waals surface area contributed by atoms with E-state index in [1.807, 2.05) is 13.0 Å². The van der Waals surface area contributed by atoms with Crippen LogP contribution >= 0.6 is 15.9 Å². The quantitative estimate of drug-likeness (QED) is 0.480. The second-order valence-electron chi connectivity index (χ2n) is 10.1. The number of benzene rings is 1. The molecule has 2 atom stereocenters. The van der Waals surface area contributed by atoms with E-state index in [1.54, 1.807) is 12.3 Å². The van der Waals surface area contributed by atoms with Crippen LogP contribution in [-0.4, -0.2) is 35.5 Å². The smallest absolute Gasteiger partial charge is 0.255 e. The first-order valence-corrected chi connectivity index (χ1v) is 13.0. The molecular formula is C28H33BrN4O2. The number of rotatable bonds is 6. The van der Waals surface area contributed by atoms with Crippen LogP contribution in [0.3, 0.4) is 0 Å². The molecule has 7 heteroatoms. The van der Waals surface area contributed by atoms with Gasteiger partial charge in [0.1, 0.15) is 11.6 Å². The fourth-order valence-corrected chi connectivity index (χ4v) is 5.60. The van der Waals surface area contributed by atoms with Gasteiger partial charge in [-0.1, -0.05) is 26.0 Å². The van der Waals surface area contributed by atoms with E-state index < -0.39 is 5.92 Å². The van der Waals surface area contributed by atoms with Crippen LogP contribution in [0.25, 0.3) is 0 Å². The maximum absolute atomic E-state index is 13.6. The average Bonchev–Trinajstić information content (AvgIpc) is 2.80. The van der Waals surface area contributed by atoms with E-state index in [4.69, 9.17) is 4.99 Å². The molecule has 2 aromatic rings. The molecule has 0 bridgehead atoms. The van der Waals surface area contributed by atoms with Gasteiger partial charge in [-0.2, -0.15) is 0 Å². The lowest BCUT2D eigenvalue weighted by molar-refractivity contribution is -0.124. The fourth-order valence-electron chi connectivity index (χ4n) is 5.36. The molecule has 1 N–H and O–H groups in total. The number of carbonyl (C=O) groups is 2. The Hall–Kier alpha value is -2.80. The molecule has 0 radical (unpaired) electrons. The summed E-state index contributed by atoms with van der Waals surface area (Å²) in [6, 6.07) is 11.9. The van der Waals surface area contributed by atoms with Crippen molar-refractivity contribution in [2.24, 2.45) is 16.3 Å². The van der Waals surface area contributed by atoms with Gasteiger partial charge >= 0.3 is 0 Å². The molecule has 0 saturated heterocycles. The molecule has 1 aliphatic heterocycles. The Morgan fingerprint density at radius 3 is 2.37 bits per heavy atom. The number of aliphatic imine (C=N–C) groups is 1. The Kier molecular flexibility index (Phi) is 7.27. The van der Waals surface area contributed by atoms with Crippen molar-refractivity contribution in [3.63, 3.8) is 0 Å². The minimum Gasteiger partial charge on any atom is -0.372 e. The molecule has 1 saturated carbocycles. The van der Waals surface area contributed by atoms with Crippen LogP contribution in [0.1, 0.15) is 58.9 Å². The van der Waals surface area contributed by atoms with Gasteiger partial charge in [-0.3, -0.25) is 14.6 Å². The van der Waals surface area contributed by atoms with Crippen molar-refractivity contribution in [3.05, 3.63) is 63.9 Å². The minimum absolute atomic E-state index is 0.134. The monoisotopic (exact) mass is 536 g/mol. The van der Waals surface area contributed by atoms with Crippen LogP contribution in [0, 0.1) is 11.3 Å². The molecule has 35 heavy (non-hydrogen) atoms. The van der Waals surface area contributed by atoms with E-state index in [9.17, 15) is 9.59 Å². The van der Waals surface area contributed by atoms with Gasteiger partial charge in [0.2, 0.25) is 0 Å². The normalized spacial score (nSPS) is 21.3. The standard InChI is InChI=1S/C28H33BrN4O2/c1-6-33(7-2)20-11-8-18(9-12-20)25-24(27(35)32-23-13-10-19(29)16-30-23)17(3)31-21-14-28(4,5)15-22(34)26(21)25/h8-13,16,25-26H,6-7,14-15H2,1-5H3,(H,30,32,35)/t25-,26?/m1/s1. The summed E-state index contributed by atoms with van der Waals surface area (Å²) < 4.78 is 0.833. The Morgan fingerprint density at radius 1 is 1.09 bits per heavy atom. The molecule has 1 amide bonds. The van der Waals surface area contributed by atoms with Gasteiger partial charge < -0.3 is 10.2 Å². The molecule has 2 heterocycles. The molecule has 1 aliphatic carbocycles. The molecule has 1 unspecified atom stereocenters. The van der Waals surface area contributed by atoms with Crippen LogP contribution in [0.2, 0.25) is 0 Å². The highest BCUT2D eigenvalue weighted by Gasteiger charge is 2.47. The number of ketones is 1. The van der Waals surface area contributed by atoms with Crippen LogP contribution < -0.4 is 10.2 Å². The molecule has 0 spiro atoms. The van der Waals surface area contributed by atoms with Crippen LogP contribution in [0.4, 0.5) is 11.5 Å². The number of allylic oxidation sites excluding steroid dienone is 1. The number of hydrogen-bond donors (Lipinski definition) is 1. The number of hydrogen-bond acceptors (Lipinski definition) is 5. The summed E-state index contributed by atoms with van der Waals surface area (Å²) in [6.45, 7) is 12.2. The van der Waals surface area contributed by atoms with Crippen molar-refractivity contribution in [3.8, 4) is 0 Å². The SMILES string of the molecule is CCN(CC)c1ccc([C@@H]2C(C(=O)Nc3ccc(Br)cn3)=C(C)N=C3CC(C)(C)CC(=O)C32)cc1. The van der Waals surface area contributed by atoms with Gasteiger partial charge in [0.05, 0.1) is 5.92 Å². The van der Waals surface area contributed by atoms with E-state index >= 15 is 0 Å². The van der Waals surface area contributed by atoms with Crippen LogP contribution in [-0.2, 0) is 9.59 Å². The first kappa shape index (κ1) is 25.3. The molecule has 2 aliphatic rings. The molecule has 4 rings (SSSR count). The van der Waals surface area contributed by atoms with E-state index in [0.717, 1.165) is 40.9 Å². The highest BCUT2D eigenvalue weighted by Crippen LogP contribution is 2.47. The summed E-state index contributed by atoms with van der Waals surface area (Å²) in [7, 11) is 0. The third kappa shape index (κ3) is 5.25. The zero-order valence-electron chi connectivity index (χ0n) is 21.1. The van der Waals surface area contributed by atoms with Crippen molar-refractivity contribution >= 4 is 44.8 Å². The number of pyridine rings is 1. The zero-order valence-corrected chi connectivity index (χ0v) is 22.6. The fraction of sp³-hybridized carbons (Fsp3) is 0.429. The third-order valence-electron chi connectivity index (χ3n) is 6.96. The predicted octanol–water partition coefficient (Wildman–Crippen LogP) is 6.15. The third-order valence-corrected chi connectivity index (χ3v) is 7.43. The average molecular weight is 538 g/mol. The Bertz CT molecular complexity index is 1180. The van der Waals surface area contributed by atoms with Gasteiger partial charge in [0, 0.05) is 58.8 Å². The summed E-state index contributed by atoms with van der Waals surface area (Å²) in [5.74, 6) is -0.468. The predicted molar refractivity (Wildman–Crippen MR) is 145 cm³/mol. The number of amides is 1. The van der Waals surface area contributed by atoms with Crippen molar-refractivity contribution in [1.29, 1.82) is 0 Å². The van der Waals surface area contributed by atoms with Gasteiger partial charge in [0.15, 0.2) is 0 Å². The van der Waals surface area contributed by atoms with E-state index in [0.29, 0.717) is 23.5 Å². The van der Waals surface area contributed by atoms with Gasteiger partial charge in [-0.05, 0) is 78.4 Å². The molecule has 1 fully saturated rings. The first-order chi connectivity index (χ1) is 16.6. The first-order valence-electron chi connectivity index (χ1n) is 12.2. The maximum Gasteiger partial charge on any atom is 0.255 e. The van der Waals surface area contributed by atoms with Gasteiger partial charge in [-0.15, -0.1) is 0 Å². The zero-order chi connectivity index (χ0) is 25.3. The van der Waals surface area contributed by atoms with E-state index in [-0.39, 0.29) is 23.0 Å². The maximum atomic E-state index is 13.6. The molecule has 6 nitrogen and oxygen atoms in total. The number of halogens is 1. The number of Topliss-reactive ketones (excluding diaryl/α,β-unsaturated/α-hetero) is 1. The highest BCUT2D eigenvalue weighted by atomic mass is 79.9. The van der Waals surface area contributed by atoms with Crippen molar-refractivity contribution in [2.45, 2.75) is 53.4 Å². The Morgan fingerprint density at radius 2 is 1.77 bits per heavy atom. The van der Waals surface area contributed by atoms with Crippen LogP contribution in [0.15, 0.2) is 63.3 Å². The largest absolute Gasteiger partial charge is 0.372 e. The Balaban J connectivity index is 1.77. The van der Waals surface area contributed by atoms with Crippen molar-refractivity contribution in [1.82, 2.24) is 4.98 Å². The number of carbonyl (C=O) groups excluding carboxylic acids is 2. The van der Waals surface area contributed by atoms with Gasteiger partial charge in [-0.25, -0.2) is 4.98 Å². The summed E-state index contributed by atoms with van der Waals surface area (Å²) >= 11 is 3.37. The number of nitrogens with zero attached hydrogens (tertiary/aromatic N) is 3.